The molecule has 0 unspecified atom stereocenters. The number of aryl methyl sites for hydroxylation is 2. The average molecular weight is 197 g/mol. The topological polar surface area (TPSA) is 22.0 Å². The van der Waals surface area contributed by atoms with Gasteiger partial charge in [0, 0.05) is 18.8 Å². The lowest BCUT2D eigenvalue weighted by molar-refractivity contribution is 0.494. The molecular weight excluding hydrogens is 181 g/mol. The molecule has 0 amide bonds. The molecule has 0 spiro atoms. The zero-order chi connectivity index (χ0) is 10.7. The molecule has 0 atom stereocenters. The van der Waals surface area contributed by atoms with Gasteiger partial charge in [0.1, 0.15) is 5.82 Å². The fourth-order valence-electron chi connectivity index (χ4n) is 1.21. The molecular formula is C11H16FNO. The molecule has 0 aliphatic carbocycles. The first-order chi connectivity index (χ1) is 6.50. The van der Waals surface area contributed by atoms with Gasteiger partial charge in [0.25, 0.3) is 5.56 Å². The van der Waals surface area contributed by atoms with Crippen LogP contribution in [0.1, 0.15) is 25.8 Å². The summed E-state index contributed by atoms with van der Waals surface area (Å²) in [7, 11) is 0. The first-order valence-electron chi connectivity index (χ1n) is 4.87. The third kappa shape index (κ3) is 2.69. The number of hydrogen-bond acceptors (Lipinski definition) is 1. The molecule has 1 heterocycles. The third-order valence-corrected chi connectivity index (χ3v) is 2.22. The van der Waals surface area contributed by atoms with Crippen molar-refractivity contribution in [3.05, 3.63) is 34.0 Å². The van der Waals surface area contributed by atoms with Gasteiger partial charge < -0.3 is 4.57 Å². The van der Waals surface area contributed by atoms with E-state index in [4.69, 9.17) is 0 Å². The Hall–Kier alpha value is -1.12. The predicted octanol–water partition coefficient (Wildman–Crippen LogP) is 2.34. The van der Waals surface area contributed by atoms with Gasteiger partial charge in [-0.2, -0.15) is 0 Å². The van der Waals surface area contributed by atoms with Crippen molar-refractivity contribution in [2.75, 3.05) is 0 Å². The van der Waals surface area contributed by atoms with Gasteiger partial charge in [0.05, 0.1) is 0 Å². The molecule has 14 heavy (non-hydrogen) atoms. The van der Waals surface area contributed by atoms with E-state index in [9.17, 15) is 9.18 Å². The molecule has 1 rings (SSSR count). The molecule has 1 aromatic heterocycles. The lowest BCUT2D eigenvalue weighted by atomic mass is 10.1. The highest BCUT2D eigenvalue weighted by molar-refractivity contribution is 5.10. The van der Waals surface area contributed by atoms with Crippen molar-refractivity contribution < 1.29 is 4.39 Å². The quantitative estimate of drug-likeness (QED) is 0.729. The van der Waals surface area contributed by atoms with Crippen LogP contribution < -0.4 is 5.56 Å². The predicted molar refractivity (Wildman–Crippen MR) is 54.9 cm³/mol. The summed E-state index contributed by atoms with van der Waals surface area (Å²) in [6.07, 6.45) is 2.18. The van der Waals surface area contributed by atoms with E-state index in [0.717, 1.165) is 6.42 Å². The van der Waals surface area contributed by atoms with Crippen molar-refractivity contribution in [2.24, 2.45) is 5.92 Å². The summed E-state index contributed by atoms with van der Waals surface area (Å²) in [5.41, 5.74) is 0.292. The summed E-state index contributed by atoms with van der Waals surface area (Å²) in [6, 6.07) is 1.34. The maximum Gasteiger partial charge on any atom is 0.250 e. The third-order valence-electron chi connectivity index (χ3n) is 2.22. The van der Waals surface area contributed by atoms with E-state index in [2.05, 4.69) is 13.8 Å². The van der Waals surface area contributed by atoms with Crippen molar-refractivity contribution in [3.8, 4) is 0 Å². The van der Waals surface area contributed by atoms with Crippen LogP contribution in [-0.4, -0.2) is 4.57 Å². The van der Waals surface area contributed by atoms with E-state index in [-0.39, 0.29) is 11.4 Å². The maximum atomic E-state index is 13.1. The average Bonchev–Trinajstić information content (AvgIpc) is 2.09. The molecule has 0 aromatic carbocycles. The van der Waals surface area contributed by atoms with Gasteiger partial charge >= 0.3 is 0 Å². The monoisotopic (exact) mass is 197 g/mol. The van der Waals surface area contributed by atoms with Gasteiger partial charge in [0.2, 0.25) is 0 Å². The number of rotatable bonds is 3. The minimum absolute atomic E-state index is 0.121. The van der Waals surface area contributed by atoms with Crippen molar-refractivity contribution >= 4 is 0 Å². The van der Waals surface area contributed by atoms with Crippen molar-refractivity contribution in [1.29, 1.82) is 0 Å². The minimum atomic E-state index is -0.312. The van der Waals surface area contributed by atoms with Crippen LogP contribution in [0.4, 0.5) is 4.39 Å². The molecule has 0 fully saturated rings. The number of aromatic nitrogens is 1. The largest absolute Gasteiger partial charge is 0.313 e. The van der Waals surface area contributed by atoms with Crippen LogP contribution >= 0.6 is 0 Å². The highest BCUT2D eigenvalue weighted by Gasteiger charge is 2.03. The maximum absolute atomic E-state index is 13.1. The summed E-state index contributed by atoms with van der Waals surface area (Å²) in [5, 5.41) is 0. The molecule has 1 aromatic rings. The fraction of sp³-hybridized carbons (Fsp3) is 0.545. The van der Waals surface area contributed by atoms with Crippen molar-refractivity contribution in [3.63, 3.8) is 0 Å². The lowest BCUT2D eigenvalue weighted by Gasteiger charge is -2.08. The molecule has 3 heteroatoms. The standard InChI is InChI=1S/C11H16FNO/c1-8(2)4-5-13-7-10(12)9(3)6-11(13)14/h6-8H,4-5H2,1-3H3. The van der Waals surface area contributed by atoms with Gasteiger partial charge in [-0.1, -0.05) is 13.8 Å². The number of halogens is 1. The number of pyridine rings is 1. The molecule has 78 valence electrons. The Labute approximate surface area is 83.4 Å². The lowest BCUT2D eigenvalue weighted by Crippen LogP contribution is -2.20. The van der Waals surface area contributed by atoms with Crippen LogP contribution in [0.15, 0.2) is 17.1 Å². The second-order valence-electron chi connectivity index (χ2n) is 4.02. The van der Waals surface area contributed by atoms with E-state index in [1.54, 1.807) is 6.92 Å². The zero-order valence-corrected chi connectivity index (χ0v) is 8.88. The van der Waals surface area contributed by atoms with Crippen LogP contribution in [-0.2, 0) is 6.54 Å². The van der Waals surface area contributed by atoms with Crippen LogP contribution in [0.5, 0.6) is 0 Å². The fourth-order valence-corrected chi connectivity index (χ4v) is 1.21. The molecule has 0 radical (unpaired) electrons. The van der Waals surface area contributed by atoms with Crippen molar-refractivity contribution in [1.82, 2.24) is 4.57 Å². The molecule has 0 saturated carbocycles. The highest BCUT2D eigenvalue weighted by Crippen LogP contribution is 2.04. The Morgan fingerprint density at radius 1 is 1.50 bits per heavy atom. The smallest absolute Gasteiger partial charge is 0.250 e. The second-order valence-corrected chi connectivity index (χ2v) is 4.02. The van der Waals surface area contributed by atoms with Gasteiger partial charge in [-0.05, 0) is 24.8 Å². The Kier molecular flexibility index (Phi) is 3.44. The normalized spacial score (nSPS) is 10.9. The van der Waals surface area contributed by atoms with E-state index >= 15 is 0 Å². The van der Waals surface area contributed by atoms with Gasteiger partial charge in [-0.3, -0.25) is 4.79 Å². The minimum Gasteiger partial charge on any atom is -0.313 e. The Bertz CT molecular complexity index is 368. The van der Waals surface area contributed by atoms with Gasteiger partial charge in [0.15, 0.2) is 0 Å². The highest BCUT2D eigenvalue weighted by atomic mass is 19.1. The van der Waals surface area contributed by atoms with Crippen LogP contribution in [0, 0.1) is 18.7 Å². The summed E-state index contributed by atoms with van der Waals surface area (Å²) < 4.78 is 14.6. The second kappa shape index (κ2) is 4.40. The summed E-state index contributed by atoms with van der Waals surface area (Å²) >= 11 is 0. The van der Waals surface area contributed by atoms with Crippen LogP contribution in [0.2, 0.25) is 0 Å². The first kappa shape index (κ1) is 11.0. The molecule has 0 aliphatic rings. The molecule has 0 aliphatic heterocycles. The number of nitrogens with zero attached hydrogens (tertiary/aromatic N) is 1. The molecule has 0 saturated heterocycles. The summed E-state index contributed by atoms with van der Waals surface area (Å²) in [4.78, 5) is 11.4. The Morgan fingerprint density at radius 2 is 2.14 bits per heavy atom. The Morgan fingerprint density at radius 3 is 2.71 bits per heavy atom. The number of hydrogen-bond donors (Lipinski definition) is 0. The molecule has 2 nitrogen and oxygen atoms in total. The van der Waals surface area contributed by atoms with Gasteiger partial charge in [-0.25, -0.2) is 4.39 Å². The van der Waals surface area contributed by atoms with E-state index in [0.29, 0.717) is 18.0 Å². The van der Waals surface area contributed by atoms with Crippen LogP contribution in [0.25, 0.3) is 0 Å². The SMILES string of the molecule is Cc1cc(=O)n(CCC(C)C)cc1F. The summed E-state index contributed by atoms with van der Waals surface area (Å²) in [5.74, 6) is 0.208. The Balaban J connectivity index is 2.88. The van der Waals surface area contributed by atoms with E-state index < -0.39 is 0 Å². The van der Waals surface area contributed by atoms with Crippen LogP contribution in [0.3, 0.4) is 0 Å². The summed E-state index contributed by atoms with van der Waals surface area (Å²) in [6.45, 7) is 6.35. The van der Waals surface area contributed by atoms with E-state index in [1.807, 2.05) is 0 Å². The molecule has 0 bridgehead atoms. The first-order valence-corrected chi connectivity index (χ1v) is 4.87. The van der Waals surface area contributed by atoms with Gasteiger partial charge in [-0.15, -0.1) is 0 Å². The van der Waals surface area contributed by atoms with Crippen molar-refractivity contribution in [2.45, 2.75) is 33.7 Å². The van der Waals surface area contributed by atoms with E-state index in [1.165, 1.54) is 16.8 Å². The zero-order valence-electron chi connectivity index (χ0n) is 8.88. The molecule has 0 N–H and O–H groups in total.